The van der Waals surface area contributed by atoms with Gasteiger partial charge in [-0.05, 0) is 30.5 Å². The van der Waals surface area contributed by atoms with Crippen LogP contribution in [0.4, 0.5) is 5.69 Å². The van der Waals surface area contributed by atoms with Crippen LogP contribution in [-0.2, 0) is 0 Å². The van der Waals surface area contributed by atoms with E-state index in [0.717, 1.165) is 0 Å². The summed E-state index contributed by atoms with van der Waals surface area (Å²) in [6, 6.07) is 9.27. The van der Waals surface area contributed by atoms with Crippen LogP contribution in [0.25, 0.3) is 0 Å². The molecular weight excluding hydrogens is 228 g/mol. The summed E-state index contributed by atoms with van der Waals surface area (Å²) in [5, 5.41) is 9.21. The molecule has 0 radical (unpaired) electrons. The van der Waals surface area contributed by atoms with Gasteiger partial charge in [0.25, 0.3) is 0 Å². The fraction of sp³-hybridized carbons (Fsp3) is 0.500. The third-order valence-electron chi connectivity index (χ3n) is 3.46. The molecule has 1 aromatic rings. The maximum atomic E-state index is 9.19. The van der Waals surface area contributed by atoms with Gasteiger partial charge in [0, 0.05) is 11.9 Å². The quantitative estimate of drug-likeness (QED) is 0.757. The van der Waals surface area contributed by atoms with Gasteiger partial charge in [-0.25, -0.2) is 0 Å². The Morgan fingerprint density at radius 1 is 1.41 bits per heavy atom. The van der Waals surface area contributed by atoms with E-state index in [4.69, 9.17) is 0 Å². The fourth-order valence-electron chi connectivity index (χ4n) is 2.07. The molecular formula is C14H18N2S. The Hall–Kier alpha value is -1.14. The summed E-state index contributed by atoms with van der Waals surface area (Å²) in [4.78, 5) is 3.45. The van der Waals surface area contributed by atoms with Gasteiger partial charge >= 0.3 is 0 Å². The molecule has 2 nitrogen and oxygen atoms in total. The Morgan fingerprint density at radius 2 is 2.12 bits per heavy atom. The highest BCUT2D eigenvalue weighted by Gasteiger charge is 2.29. The minimum absolute atomic E-state index is 0.0231. The third-order valence-corrected chi connectivity index (χ3v) is 4.79. The second kappa shape index (κ2) is 4.62. The van der Waals surface area contributed by atoms with E-state index in [1.54, 1.807) is 11.8 Å². The fourth-order valence-corrected chi connectivity index (χ4v) is 3.31. The molecule has 0 N–H and O–H groups in total. The zero-order valence-corrected chi connectivity index (χ0v) is 11.6. The standard InChI is InChI=1S/C14H18N2S/c1-9(2)11-5-6-12-13(7-11)17-14(8-15)10(3)16(12)4/h5-7,9-10,14H,1-4H3. The Bertz CT molecular complexity index is 462. The molecule has 0 aliphatic carbocycles. The van der Waals surface area contributed by atoms with Crippen LogP contribution in [-0.4, -0.2) is 18.3 Å². The molecule has 2 atom stereocenters. The predicted molar refractivity (Wildman–Crippen MR) is 73.7 cm³/mol. The van der Waals surface area contributed by atoms with Crippen LogP contribution in [0.3, 0.4) is 0 Å². The molecule has 0 amide bonds. The van der Waals surface area contributed by atoms with E-state index in [1.807, 2.05) is 0 Å². The number of fused-ring (bicyclic) bond motifs is 1. The van der Waals surface area contributed by atoms with Crippen LogP contribution >= 0.6 is 11.8 Å². The van der Waals surface area contributed by atoms with Crippen LogP contribution < -0.4 is 4.90 Å². The lowest BCUT2D eigenvalue weighted by atomic mass is 10.0. The number of nitrogens with zero attached hydrogens (tertiary/aromatic N) is 2. The third kappa shape index (κ3) is 2.14. The first-order valence-corrected chi connectivity index (χ1v) is 6.85. The van der Waals surface area contributed by atoms with E-state index < -0.39 is 0 Å². The average Bonchev–Trinajstić information content (AvgIpc) is 2.33. The van der Waals surface area contributed by atoms with Crippen LogP contribution in [0.5, 0.6) is 0 Å². The van der Waals surface area contributed by atoms with Crippen LogP contribution in [0.15, 0.2) is 23.1 Å². The topological polar surface area (TPSA) is 27.0 Å². The first kappa shape index (κ1) is 12.3. The van der Waals surface area contributed by atoms with Gasteiger partial charge < -0.3 is 4.90 Å². The number of thioether (sulfide) groups is 1. The van der Waals surface area contributed by atoms with E-state index in [0.29, 0.717) is 5.92 Å². The Kier molecular flexibility index (Phi) is 3.35. The molecule has 0 saturated heterocycles. The van der Waals surface area contributed by atoms with Gasteiger partial charge in [0.2, 0.25) is 0 Å². The van der Waals surface area contributed by atoms with Crippen LogP contribution in [0.2, 0.25) is 0 Å². The molecule has 17 heavy (non-hydrogen) atoms. The van der Waals surface area contributed by atoms with Crippen molar-refractivity contribution in [3.05, 3.63) is 23.8 Å². The lowest BCUT2D eigenvalue weighted by Gasteiger charge is -2.36. The molecule has 2 rings (SSSR count). The van der Waals surface area contributed by atoms with E-state index in [1.165, 1.54) is 16.1 Å². The zero-order valence-electron chi connectivity index (χ0n) is 10.8. The van der Waals surface area contributed by atoms with Crippen molar-refractivity contribution in [1.82, 2.24) is 0 Å². The molecule has 1 aromatic carbocycles. The number of hydrogen-bond donors (Lipinski definition) is 0. The number of hydrogen-bond acceptors (Lipinski definition) is 3. The van der Waals surface area contributed by atoms with Gasteiger partial charge in [0.05, 0.1) is 17.8 Å². The summed E-state index contributed by atoms with van der Waals surface area (Å²) >= 11 is 1.70. The largest absolute Gasteiger partial charge is 0.369 e. The van der Waals surface area contributed by atoms with Gasteiger partial charge in [-0.2, -0.15) is 5.26 Å². The zero-order chi connectivity index (χ0) is 12.6. The second-order valence-electron chi connectivity index (χ2n) is 4.90. The monoisotopic (exact) mass is 246 g/mol. The van der Waals surface area contributed by atoms with Gasteiger partial charge in [0.1, 0.15) is 5.25 Å². The highest BCUT2D eigenvalue weighted by Crippen LogP contribution is 2.41. The minimum Gasteiger partial charge on any atom is -0.369 e. The molecule has 0 saturated carbocycles. The molecule has 0 aromatic heterocycles. The smallest absolute Gasteiger partial charge is 0.116 e. The van der Waals surface area contributed by atoms with Crippen molar-refractivity contribution >= 4 is 17.4 Å². The van der Waals surface area contributed by atoms with Crippen molar-refractivity contribution in [2.45, 2.75) is 42.9 Å². The van der Waals surface area contributed by atoms with E-state index in [-0.39, 0.29) is 11.3 Å². The van der Waals surface area contributed by atoms with Crippen LogP contribution in [0.1, 0.15) is 32.3 Å². The highest BCUT2D eigenvalue weighted by molar-refractivity contribution is 8.00. The normalized spacial score (nSPS) is 23.4. The summed E-state index contributed by atoms with van der Waals surface area (Å²) in [5.74, 6) is 0.533. The molecule has 1 aliphatic heterocycles. The predicted octanol–water partition coefficient (Wildman–Crippen LogP) is 3.63. The summed E-state index contributed by atoms with van der Waals surface area (Å²) in [6.07, 6.45) is 0. The van der Waals surface area contributed by atoms with Gasteiger partial charge in [-0.3, -0.25) is 0 Å². The molecule has 0 bridgehead atoms. The van der Waals surface area contributed by atoms with E-state index in [2.05, 4.69) is 57.0 Å². The minimum atomic E-state index is 0.0231. The van der Waals surface area contributed by atoms with Crippen molar-refractivity contribution in [2.24, 2.45) is 0 Å². The van der Waals surface area contributed by atoms with Crippen LogP contribution in [0, 0.1) is 11.3 Å². The Labute approximate surface area is 108 Å². The number of benzene rings is 1. The summed E-state index contributed by atoms with van der Waals surface area (Å²) < 4.78 is 0. The maximum Gasteiger partial charge on any atom is 0.116 e. The molecule has 0 fully saturated rings. The molecule has 0 spiro atoms. The highest BCUT2D eigenvalue weighted by atomic mass is 32.2. The summed E-state index contributed by atoms with van der Waals surface area (Å²) in [7, 11) is 2.07. The first-order chi connectivity index (χ1) is 8.04. The number of rotatable bonds is 1. The van der Waals surface area contributed by atoms with Crippen molar-refractivity contribution in [1.29, 1.82) is 5.26 Å². The van der Waals surface area contributed by atoms with Gasteiger partial charge in [0.15, 0.2) is 0 Å². The lowest BCUT2D eigenvalue weighted by Crippen LogP contribution is -2.39. The number of anilines is 1. The van der Waals surface area contributed by atoms with E-state index in [9.17, 15) is 5.26 Å². The first-order valence-electron chi connectivity index (χ1n) is 5.97. The summed E-state index contributed by atoms with van der Waals surface area (Å²) in [5.41, 5.74) is 2.59. The molecule has 90 valence electrons. The second-order valence-corrected chi connectivity index (χ2v) is 6.08. The lowest BCUT2D eigenvalue weighted by molar-refractivity contribution is 0.696. The maximum absolute atomic E-state index is 9.19. The van der Waals surface area contributed by atoms with Crippen molar-refractivity contribution < 1.29 is 0 Å². The average molecular weight is 246 g/mol. The van der Waals surface area contributed by atoms with Crippen molar-refractivity contribution in [3.63, 3.8) is 0 Å². The number of nitriles is 1. The molecule has 2 unspecified atom stereocenters. The Balaban J connectivity index is 2.43. The molecule has 1 heterocycles. The van der Waals surface area contributed by atoms with Gasteiger partial charge in [-0.15, -0.1) is 11.8 Å². The molecule has 1 aliphatic rings. The Morgan fingerprint density at radius 3 is 2.71 bits per heavy atom. The van der Waals surface area contributed by atoms with Crippen molar-refractivity contribution in [3.8, 4) is 6.07 Å². The van der Waals surface area contributed by atoms with Crippen molar-refractivity contribution in [2.75, 3.05) is 11.9 Å². The SMILES string of the molecule is CC(C)c1ccc2c(c1)SC(C#N)C(C)N2C. The van der Waals surface area contributed by atoms with E-state index >= 15 is 0 Å². The molecule has 3 heteroatoms. The summed E-state index contributed by atoms with van der Waals surface area (Å²) in [6.45, 7) is 6.51. The van der Waals surface area contributed by atoms with Gasteiger partial charge in [-0.1, -0.05) is 19.9 Å².